The van der Waals surface area contributed by atoms with E-state index in [4.69, 9.17) is 12.2 Å². The number of anilines is 1. The molecule has 118 valence electrons. The van der Waals surface area contributed by atoms with Crippen LogP contribution in [0.3, 0.4) is 0 Å². The van der Waals surface area contributed by atoms with Gasteiger partial charge in [0.2, 0.25) is 0 Å². The monoisotopic (exact) mass is 323 g/mol. The van der Waals surface area contributed by atoms with Crippen molar-refractivity contribution in [2.24, 2.45) is 0 Å². The minimum absolute atomic E-state index is 0.664. The van der Waals surface area contributed by atoms with Crippen LogP contribution in [0.2, 0.25) is 0 Å². The molecule has 3 rings (SSSR count). The van der Waals surface area contributed by atoms with Gasteiger partial charge < -0.3 is 15.6 Å². The zero-order valence-electron chi connectivity index (χ0n) is 13.4. The van der Waals surface area contributed by atoms with Crippen LogP contribution in [0.1, 0.15) is 16.8 Å². The van der Waals surface area contributed by atoms with Crippen LogP contribution in [0.4, 0.5) is 5.69 Å². The smallest absolute Gasteiger partial charge is 0.170 e. The van der Waals surface area contributed by atoms with Crippen LogP contribution >= 0.6 is 12.2 Å². The summed E-state index contributed by atoms with van der Waals surface area (Å²) >= 11 is 5.39. The second kappa shape index (κ2) is 6.84. The van der Waals surface area contributed by atoms with Gasteiger partial charge in [-0.25, -0.2) is 0 Å². The summed E-state index contributed by atoms with van der Waals surface area (Å²) in [5, 5.41) is 8.51. The maximum absolute atomic E-state index is 5.39. The Kier molecular flexibility index (Phi) is 4.63. The van der Waals surface area contributed by atoms with Crippen LogP contribution in [0.25, 0.3) is 10.9 Å². The van der Waals surface area contributed by atoms with Crippen molar-refractivity contribution in [2.45, 2.75) is 20.3 Å². The van der Waals surface area contributed by atoms with Crippen LogP contribution in [-0.2, 0) is 6.42 Å². The number of nitrogens with one attached hydrogen (secondary N) is 3. The summed E-state index contributed by atoms with van der Waals surface area (Å²) in [5.41, 5.74) is 6.01. The molecule has 23 heavy (non-hydrogen) atoms. The molecule has 0 unspecified atom stereocenters. The van der Waals surface area contributed by atoms with Crippen molar-refractivity contribution in [3.63, 3.8) is 0 Å². The number of hydrogen-bond donors (Lipinski definition) is 3. The van der Waals surface area contributed by atoms with Gasteiger partial charge in [-0.05, 0) is 55.7 Å². The Morgan fingerprint density at radius 3 is 2.61 bits per heavy atom. The van der Waals surface area contributed by atoms with E-state index >= 15 is 0 Å². The van der Waals surface area contributed by atoms with Gasteiger partial charge >= 0.3 is 0 Å². The molecule has 0 aliphatic carbocycles. The molecule has 0 spiro atoms. The van der Waals surface area contributed by atoms with E-state index in [1.54, 1.807) is 0 Å². The molecule has 0 fully saturated rings. The van der Waals surface area contributed by atoms with Crippen LogP contribution in [0.15, 0.2) is 48.5 Å². The largest absolute Gasteiger partial charge is 0.362 e. The fourth-order valence-corrected chi connectivity index (χ4v) is 3.05. The lowest BCUT2D eigenvalue weighted by molar-refractivity contribution is 0.871. The molecule has 3 aromatic rings. The number of rotatable bonds is 4. The van der Waals surface area contributed by atoms with Gasteiger partial charge in [0.25, 0.3) is 0 Å². The standard InChI is InChI=1S/C19H21N3S/c1-13-7-3-5-9-17(13)22-19(23)20-12-11-15-14(2)21-18-10-6-4-8-16(15)18/h3-10,21H,11-12H2,1-2H3,(H2,20,22,23). The first-order valence-corrected chi connectivity index (χ1v) is 8.22. The normalized spacial score (nSPS) is 10.7. The summed E-state index contributed by atoms with van der Waals surface area (Å²) in [6.07, 6.45) is 0.936. The zero-order chi connectivity index (χ0) is 16.2. The van der Waals surface area contributed by atoms with Crippen molar-refractivity contribution in [3.05, 3.63) is 65.4 Å². The van der Waals surface area contributed by atoms with Gasteiger partial charge in [-0.15, -0.1) is 0 Å². The van der Waals surface area contributed by atoms with E-state index in [9.17, 15) is 0 Å². The third-order valence-electron chi connectivity index (χ3n) is 4.08. The lowest BCUT2D eigenvalue weighted by Gasteiger charge is -2.12. The van der Waals surface area contributed by atoms with Crippen LogP contribution in [0, 0.1) is 13.8 Å². The molecule has 0 radical (unpaired) electrons. The van der Waals surface area contributed by atoms with Gasteiger partial charge in [-0.1, -0.05) is 36.4 Å². The second-order valence-electron chi connectivity index (χ2n) is 5.72. The van der Waals surface area contributed by atoms with E-state index in [2.05, 4.69) is 59.8 Å². The SMILES string of the molecule is Cc1ccccc1NC(=S)NCCc1c(C)[nH]c2ccccc12. The Hall–Kier alpha value is -2.33. The molecular weight excluding hydrogens is 302 g/mol. The highest BCUT2D eigenvalue weighted by Crippen LogP contribution is 2.22. The predicted molar refractivity (Wildman–Crippen MR) is 102 cm³/mol. The third-order valence-corrected chi connectivity index (χ3v) is 4.33. The quantitative estimate of drug-likeness (QED) is 0.626. The maximum Gasteiger partial charge on any atom is 0.170 e. The number of aryl methyl sites for hydroxylation is 2. The molecule has 0 atom stereocenters. The van der Waals surface area contributed by atoms with E-state index in [0.29, 0.717) is 5.11 Å². The van der Waals surface area contributed by atoms with E-state index in [1.807, 2.05) is 18.2 Å². The minimum Gasteiger partial charge on any atom is -0.362 e. The van der Waals surface area contributed by atoms with Crippen molar-refractivity contribution >= 4 is 33.9 Å². The Bertz CT molecular complexity index is 836. The lowest BCUT2D eigenvalue weighted by Crippen LogP contribution is -2.30. The van der Waals surface area contributed by atoms with Gasteiger partial charge in [0.15, 0.2) is 5.11 Å². The van der Waals surface area contributed by atoms with Crippen molar-refractivity contribution in [2.75, 3.05) is 11.9 Å². The summed E-state index contributed by atoms with van der Waals surface area (Å²) in [4.78, 5) is 3.44. The van der Waals surface area contributed by atoms with Crippen molar-refractivity contribution in [3.8, 4) is 0 Å². The molecule has 1 heterocycles. The molecule has 2 aromatic carbocycles. The Morgan fingerprint density at radius 1 is 1.04 bits per heavy atom. The average Bonchev–Trinajstić information content (AvgIpc) is 2.86. The van der Waals surface area contributed by atoms with Crippen molar-refractivity contribution in [1.82, 2.24) is 10.3 Å². The molecule has 4 heteroatoms. The first-order chi connectivity index (χ1) is 11.1. The highest BCUT2D eigenvalue weighted by Gasteiger charge is 2.07. The van der Waals surface area contributed by atoms with Gasteiger partial charge in [0.1, 0.15) is 0 Å². The van der Waals surface area contributed by atoms with Gasteiger partial charge in [-0.3, -0.25) is 0 Å². The van der Waals surface area contributed by atoms with Crippen LogP contribution in [0.5, 0.6) is 0 Å². The number of hydrogen-bond acceptors (Lipinski definition) is 1. The van der Waals surface area contributed by atoms with Gasteiger partial charge in [0.05, 0.1) is 0 Å². The third kappa shape index (κ3) is 3.54. The van der Waals surface area contributed by atoms with E-state index in [0.717, 1.165) is 18.7 Å². The summed E-state index contributed by atoms with van der Waals surface area (Å²) in [5.74, 6) is 0. The number of H-pyrrole nitrogens is 1. The summed E-state index contributed by atoms with van der Waals surface area (Å²) in [6.45, 7) is 5.00. The maximum atomic E-state index is 5.39. The molecule has 0 aliphatic rings. The van der Waals surface area contributed by atoms with Gasteiger partial charge in [0, 0.05) is 28.8 Å². The highest BCUT2D eigenvalue weighted by molar-refractivity contribution is 7.80. The Labute approximate surface area is 142 Å². The number of thiocarbonyl (C=S) groups is 1. The number of para-hydroxylation sites is 2. The van der Waals surface area contributed by atoms with E-state index in [1.165, 1.54) is 27.7 Å². The Balaban J connectivity index is 1.59. The summed E-state index contributed by atoms with van der Waals surface area (Å²) < 4.78 is 0. The first-order valence-electron chi connectivity index (χ1n) is 7.82. The van der Waals surface area contributed by atoms with Crippen molar-refractivity contribution in [1.29, 1.82) is 0 Å². The van der Waals surface area contributed by atoms with Crippen LogP contribution in [-0.4, -0.2) is 16.6 Å². The molecular formula is C19H21N3S. The zero-order valence-corrected chi connectivity index (χ0v) is 14.3. The van der Waals surface area contributed by atoms with Crippen molar-refractivity contribution < 1.29 is 0 Å². The molecule has 0 amide bonds. The molecule has 0 saturated carbocycles. The summed E-state index contributed by atoms with van der Waals surface area (Å²) in [6, 6.07) is 16.6. The van der Waals surface area contributed by atoms with Gasteiger partial charge in [-0.2, -0.15) is 0 Å². The van der Waals surface area contributed by atoms with Crippen LogP contribution < -0.4 is 10.6 Å². The molecule has 0 saturated heterocycles. The fraction of sp³-hybridized carbons (Fsp3) is 0.211. The summed E-state index contributed by atoms with van der Waals surface area (Å²) in [7, 11) is 0. The molecule has 0 bridgehead atoms. The fourth-order valence-electron chi connectivity index (χ4n) is 2.84. The average molecular weight is 323 g/mol. The second-order valence-corrected chi connectivity index (χ2v) is 6.13. The number of benzene rings is 2. The topological polar surface area (TPSA) is 39.8 Å². The molecule has 3 N–H and O–H groups in total. The molecule has 3 nitrogen and oxygen atoms in total. The lowest BCUT2D eigenvalue weighted by atomic mass is 10.1. The van der Waals surface area contributed by atoms with E-state index in [-0.39, 0.29) is 0 Å². The first kappa shape index (κ1) is 15.6. The number of aromatic nitrogens is 1. The minimum atomic E-state index is 0.664. The Morgan fingerprint density at radius 2 is 1.78 bits per heavy atom. The predicted octanol–water partition coefficient (Wildman–Crippen LogP) is 4.31. The molecule has 0 aliphatic heterocycles. The number of aromatic amines is 1. The highest BCUT2D eigenvalue weighted by atomic mass is 32.1. The van der Waals surface area contributed by atoms with E-state index < -0.39 is 0 Å². The number of fused-ring (bicyclic) bond motifs is 1. The molecule has 1 aromatic heterocycles.